The topological polar surface area (TPSA) is 79.4 Å². The number of piperidine rings is 1. The number of rotatable bonds is 6. The maximum absolute atomic E-state index is 13.2. The first kappa shape index (κ1) is 24.2. The Kier molecular flexibility index (Phi) is 6.85. The van der Waals surface area contributed by atoms with Crippen molar-refractivity contribution in [3.63, 3.8) is 0 Å². The molecule has 3 saturated heterocycles. The van der Waals surface area contributed by atoms with Crippen LogP contribution in [0.5, 0.6) is 5.75 Å². The van der Waals surface area contributed by atoms with Crippen LogP contribution in [0.4, 0.5) is 4.79 Å². The van der Waals surface area contributed by atoms with Crippen molar-refractivity contribution >= 4 is 17.9 Å². The number of cyclic esters (lactones) is 1. The van der Waals surface area contributed by atoms with Gasteiger partial charge >= 0.3 is 6.09 Å². The minimum absolute atomic E-state index is 0.0274. The van der Waals surface area contributed by atoms with Crippen LogP contribution in [-0.4, -0.2) is 79.0 Å². The smallest absolute Gasteiger partial charge is 0.410 e. The van der Waals surface area contributed by atoms with E-state index in [2.05, 4.69) is 0 Å². The highest BCUT2D eigenvalue weighted by atomic mass is 16.6. The highest BCUT2D eigenvalue weighted by molar-refractivity contribution is 5.83. The van der Waals surface area contributed by atoms with Crippen molar-refractivity contribution < 1.29 is 23.9 Å². The van der Waals surface area contributed by atoms with Gasteiger partial charge in [-0.15, -0.1) is 0 Å². The highest BCUT2D eigenvalue weighted by Crippen LogP contribution is 2.41. The van der Waals surface area contributed by atoms with E-state index in [1.165, 1.54) is 0 Å². The Morgan fingerprint density at radius 3 is 2.42 bits per heavy atom. The largest absolute Gasteiger partial charge is 0.497 e. The average molecular weight is 492 g/mol. The van der Waals surface area contributed by atoms with Crippen LogP contribution >= 0.6 is 0 Å². The molecule has 5 rings (SSSR count). The average Bonchev–Trinajstić information content (AvgIpc) is 3.48. The molecule has 0 N–H and O–H groups in total. The number of amides is 3. The minimum atomic E-state index is -0.436. The van der Waals surface area contributed by atoms with Crippen molar-refractivity contribution in [3.05, 3.63) is 65.7 Å². The number of nitrogens with zero attached hydrogens (tertiary/aromatic N) is 3. The Morgan fingerprint density at radius 2 is 1.69 bits per heavy atom. The van der Waals surface area contributed by atoms with Gasteiger partial charge in [-0.2, -0.15) is 0 Å². The summed E-state index contributed by atoms with van der Waals surface area (Å²) in [5.74, 6) is 0.845. The maximum atomic E-state index is 13.2. The number of hydrogen-bond acceptors (Lipinski definition) is 5. The summed E-state index contributed by atoms with van der Waals surface area (Å²) in [4.78, 5) is 43.8. The van der Waals surface area contributed by atoms with Crippen LogP contribution in [-0.2, 0) is 20.7 Å². The van der Waals surface area contributed by atoms with Crippen molar-refractivity contribution in [2.45, 2.75) is 31.7 Å². The van der Waals surface area contributed by atoms with Crippen LogP contribution in [0.1, 0.15) is 36.4 Å². The fourth-order valence-electron chi connectivity index (χ4n) is 5.68. The van der Waals surface area contributed by atoms with Gasteiger partial charge in [0, 0.05) is 26.2 Å². The van der Waals surface area contributed by atoms with Crippen molar-refractivity contribution in [3.8, 4) is 5.75 Å². The number of likely N-dealkylation sites (tertiary alicyclic amines) is 2. The molecular formula is C28H33N3O5. The third-order valence-electron chi connectivity index (χ3n) is 7.92. The summed E-state index contributed by atoms with van der Waals surface area (Å²) in [5.41, 5.74) is 1.97. The first-order chi connectivity index (χ1) is 17.5. The molecule has 36 heavy (non-hydrogen) atoms. The highest BCUT2D eigenvalue weighted by Gasteiger charge is 2.44. The Bertz CT molecular complexity index is 1110. The van der Waals surface area contributed by atoms with Crippen molar-refractivity contribution in [2.75, 3.05) is 46.4 Å². The second-order valence-corrected chi connectivity index (χ2v) is 10.1. The van der Waals surface area contributed by atoms with Gasteiger partial charge in [-0.25, -0.2) is 4.79 Å². The molecule has 3 amide bonds. The lowest BCUT2D eigenvalue weighted by molar-refractivity contribution is -0.134. The molecule has 3 heterocycles. The number of benzene rings is 2. The summed E-state index contributed by atoms with van der Waals surface area (Å²) >= 11 is 0. The number of carbonyl (C=O) groups is 3. The summed E-state index contributed by atoms with van der Waals surface area (Å²) in [6, 6.07) is 17.1. The molecule has 0 aliphatic carbocycles. The van der Waals surface area contributed by atoms with Crippen molar-refractivity contribution in [1.82, 2.24) is 14.7 Å². The fourth-order valence-corrected chi connectivity index (χ4v) is 5.68. The lowest BCUT2D eigenvalue weighted by Gasteiger charge is -2.39. The molecular weight excluding hydrogens is 458 g/mol. The predicted molar refractivity (Wildman–Crippen MR) is 133 cm³/mol. The van der Waals surface area contributed by atoms with Gasteiger partial charge < -0.3 is 19.3 Å². The lowest BCUT2D eigenvalue weighted by atomic mass is 9.77. The first-order valence-electron chi connectivity index (χ1n) is 12.6. The van der Waals surface area contributed by atoms with Gasteiger partial charge in [0.25, 0.3) is 0 Å². The van der Waals surface area contributed by atoms with Gasteiger partial charge in [-0.3, -0.25) is 14.5 Å². The van der Waals surface area contributed by atoms with Crippen LogP contribution in [0, 0.1) is 5.41 Å². The molecule has 0 radical (unpaired) electrons. The monoisotopic (exact) mass is 491 g/mol. The molecule has 3 aliphatic heterocycles. The zero-order valence-electron chi connectivity index (χ0n) is 20.7. The zero-order valence-corrected chi connectivity index (χ0v) is 20.7. The van der Waals surface area contributed by atoms with Gasteiger partial charge in [0.2, 0.25) is 11.8 Å². The van der Waals surface area contributed by atoms with E-state index >= 15 is 0 Å². The summed E-state index contributed by atoms with van der Waals surface area (Å²) in [6.45, 7) is 3.08. The summed E-state index contributed by atoms with van der Waals surface area (Å²) < 4.78 is 10.5. The van der Waals surface area contributed by atoms with Crippen molar-refractivity contribution in [1.29, 1.82) is 0 Å². The van der Waals surface area contributed by atoms with Crippen LogP contribution in [0.3, 0.4) is 0 Å². The zero-order chi connectivity index (χ0) is 25.1. The second kappa shape index (κ2) is 10.2. The molecule has 2 aromatic carbocycles. The minimum Gasteiger partial charge on any atom is -0.497 e. The number of hydrogen-bond donors (Lipinski definition) is 0. The second-order valence-electron chi connectivity index (χ2n) is 10.1. The molecule has 8 nitrogen and oxygen atoms in total. The molecule has 0 unspecified atom stereocenters. The quantitative estimate of drug-likeness (QED) is 0.620. The fraction of sp³-hybridized carbons (Fsp3) is 0.464. The Labute approximate surface area is 211 Å². The number of methoxy groups -OCH3 is 1. The van der Waals surface area contributed by atoms with E-state index in [4.69, 9.17) is 9.47 Å². The summed E-state index contributed by atoms with van der Waals surface area (Å²) in [5, 5.41) is 0. The van der Waals surface area contributed by atoms with E-state index < -0.39 is 6.09 Å². The molecule has 0 aromatic heterocycles. The molecule has 0 bridgehead atoms. The lowest BCUT2D eigenvalue weighted by Crippen LogP contribution is -2.46. The number of ether oxygens (including phenoxy) is 2. The predicted octanol–water partition coefficient (Wildman–Crippen LogP) is 3.27. The van der Waals surface area contributed by atoms with E-state index in [0.717, 1.165) is 36.1 Å². The molecule has 0 saturated carbocycles. The SMILES string of the molecule is COc1cccc(CC(=O)N2CCC3(CC2)CCN(C(=O)CN2C(=O)OC[C@@H]2c2ccccc2)C3)c1. The number of carbonyl (C=O) groups excluding carboxylic acids is 3. The van der Waals surface area contributed by atoms with Gasteiger partial charge in [-0.05, 0) is 47.9 Å². The third-order valence-corrected chi connectivity index (χ3v) is 7.92. The standard InChI is InChI=1S/C28H33N3O5/c1-35-23-9-5-6-21(16-23)17-25(32)29-13-10-28(11-14-29)12-15-30(20-28)26(33)18-31-24(19-36-27(31)34)22-7-3-2-4-8-22/h2-9,16,24H,10-15,17-20H2,1H3/t24-/m1/s1. The van der Waals surface area contributed by atoms with Gasteiger partial charge in [0.1, 0.15) is 18.9 Å². The molecule has 3 aliphatic rings. The van der Waals surface area contributed by atoms with E-state index in [1.807, 2.05) is 64.4 Å². The van der Waals surface area contributed by atoms with E-state index in [0.29, 0.717) is 32.6 Å². The molecule has 8 heteroatoms. The normalized spacial score (nSPS) is 21.1. The van der Waals surface area contributed by atoms with Gasteiger partial charge in [-0.1, -0.05) is 42.5 Å². The first-order valence-corrected chi connectivity index (χ1v) is 12.6. The third kappa shape index (κ3) is 5.03. The van der Waals surface area contributed by atoms with Gasteiger partial charge in [0.05, 0.1) is 19.6 Å². The maximum Gasteiger partial charge on any atom is 0.410 e. The molecule has 3 fully saturated rings. The Hall–Kier alpha value is -3.55. The molecule has 1 atom stereocenters. The molecule has 2 aromatic rings. The van der Waals surface area contributed by atoms with E-state index in [-0.39, 0.29) is 36.4 Å². The van der Waals surface area contributed by atoms with Crippen LogP contribution in [0.15, 0.2) is 54.6 Å². The van der Waals surface area contributed by atoms with Crippen LogP contribution < -0.4 is 4.74 Å². The summed E-state index contributed by atoms with van der Waals surface area (Å²) in [6.07, 6.45) is 2.64. The van der Waals surface area contributed by atoms with Crippen molar-refractivity contribution in [2.24, 2.45) is 5.41 Å². The van der Waals surface area contributed by atoms with Crippen LogP contribution in [0.25, 0.3) is 0 Å². The Balaban J connectivity index is 1.14. The summed E-state index contributed by atoms with van der Waals surface area (Å²) in [7, 11) is 1.62. The van der Waals surface area contributed by atoms with E-state index in [1.54, 1.807) is 12.0 Å². The molecule has 1 spiro atoms. The Morgan fingerprint density at radius 1 is 0.972 bits per heavy atom. The molecule has 190 valence electrons. The van der Waals surface area contributed by atoms with Crippen LogP contribution in [0.2, 0.25) is 0 Å². The van der Waals surface area contributed by atoms with E-state index in [9.17, 15) is 14.4 Å². The van der Waals surface area contributed by atoms with Gasteiger partial charge in [0.15, 0.2) is 0 Å².